The van der Waals surface area contributed by atoms with Gasteiger partial charge in [-0.3, -0.25) is 4.79 Å². The number of amides is 1. The molecule has 6 heteroatoms. The first kappa shape index (κ1) is 17.9. The molecule has 0 spiro atoms. The Morgan fingerprint density at radius 2 is 1.96 bits per heavy atom. The predicted molar refractivity (Wildman–Crippen MR) is 99.6 cm³/mol. The highest BCUT2D eigenvalue weighted by Gasteiger charge is 2.20. The molecule has 2 aromatic heterocycles. The summed E-state index contributed by atoms with van der Waals surface area (Å²) in [5.41, 5.74) is 3.87. The van der Waals surface area contributed by atoms with Gasteiger partial charge < -0.3 is 14.4 Å². The number of hydrogen-bond donors (Lipinski definition) is 1. The van der Waals surface area contributed by atoms with E-state index in [2.05, 4.69) is 15.5 Å². The minimum Gasteiger partial charge on any atom is -0.350 e. The number of nitrogens with zero attached hydrogens (tertiary/aromatic N) is 3. The van der Waals surface area contributed by atoms with Crippen molar-refractivity contribution in [1.82, 2.24) is 20.0 Å². The minimum absolute atomic E-state index is 0.0580. The van der Waals surface area contributed by atoms with Crippen LogP contribution < -0.4 is 5.32 Å². The molecule has 0 fully saturated rings. The van der Waals surface area contributed by atoms with Gasteiger partial charge in [0.05, 0.1) is 0 Å². The zero-order chi connectivity index (χ0) is 18.7. The van der Waals surface area contributed by atoms with Gasteiger partial charge in [-0.25, -0.2) is 0 Å². The Morgan fingerprint density at radius 1 is 1.23 bits per heavy atom. The fourth-order valence-corrected chi connectivity index (χ4v) is 2.90. The Balaban J connectivity index is 1.78. The number of aromatic nitrogens is 3. The molecule has 136 valence electrons. The maximum absolute atomic E-state index is 12.4. The Hall–Kier alpha value is -2.89. The van der Waals surface area contributed by atoms with Crippen LogP contribution in [0.4, 0.5) is 0 Å². The van der Waals surface area contributed by atoms with Gasteiger partial charge in [0, 0.05) is 18.2 Å². The van der Waals surface area contributed by atoms with Crippen molar-refractivity contribution < 1.29 is 9.32 Å². The van der Waals surface area contributed by atoms with Gasteiger partial charge in [0.1, 0.15) is 12.2 Å². The highest BCUT2D eigenvalue weighted by Crippen LogP contribution is 2.26. The van der Waals surface area contributed by atoms with Crippen LogP contribution in [0.2, 0.25) is 0 Å². The molecule has 3 rings (SSSR count). The van der Waals surface area contributed by atoms with E-state index in [9.17, 15) is 4.79 Å². The van der Waals surface area contributed by atoms with E-state index < -0.39 is 0 Å². The summed E-state index contributed by atoms with van der Waals surface area (Å²) < 4.78 is 7.37. The molecule has 0 unspecified atom stereocenters. The molecule has 0 aliphatic heterocycles. The average molecular weight is 352 g/mol. The van der Waals surface area contributed by atoms with E-state index in [0.29, 0.717) is 18.3 Å². The zero-order valence-electron chi connectivity index (χ0n) is 15.6. The SMILES string of the molecule is Cc1cc(C)n(CC(=O)NCc2ccccc2)c1-c1nc(C(C)C)no1. The normalized spacial score (nSPS) is 11.1. The summed E-state index contributed by atoms with van der Waals surface area (Å²) in [5, 5.41) is 7.00. The van der Waals surface area contributed by atoms with Crippen LogP contribution in [0, 0.1) is 13.8 Å². The van der Waals surface area contributed by atoms with Crippen LogP contribution in [0.3, 0.4) is 0 Å². The van der Waals surface area contributed by atoms with Gasteiger partial charge in [0.25, 0.3) is 5.89 Å². The molecule has 0 radical (unpaired) electrons. The molecule has 26 heavy (non-hydrogen) atoms. The summed E-state index contributed by atoms with van der Waals surface area (Å²) in [4.78, 5) is 16.9. The fourth-order valence-electron chi connectivity index (χ4n) is 2.90. The Labute approximate surface area is 153 Å². The van der Waals surface area contributed by atoms with E-state index >= 15 is 0 Å². The van der Waals surface area contributed by atoms with Gasteiger partial charge in [-0.15, -0.1) is 0 Å². The molecule has 6 nitrogen and oxygen atoms in total. The van der Waals surface area contributed by atoms with Crippen molar-refractivity contribution in [2.75, 3.05) is 0 Å². The standard InChI is InChI=1S/C20H24N4O2/c1-13(2)19-22-20(26-23-19)18-14(3)10-15(4)24(18)12-17(25)21-11-16-8-6-5-7-9-16/h5-10,13H,11-12H2,1-4H3,(H,21,25). The van der Waals surface area contributed by atoms with Gasteiger partial charge in [-0.1, -0.05) is 49.3 Å². The topological polar surface area (TPSA) is 73.0 Å². The Kier molecular flexibility index (Phi) is 5.21. The first-order valence-corrected chi connectivity index (χ1v) is 8.77. The van der Waals surface area contributed by atoms with Crippen LogP contribution in [0.15, 0.2) is 40.9 Å². The summed E-state index contributed by atoms with van der Waals surface area (Å²) in [5.74, 6) is 1.25. The van der Waals surface area contributed by atoms with E-state index in [-0.39, 0.29) is 18.4 Å². The maximum Gasteiger partial charge on any atom is 0.274 e. The third-order valence-corrected chi connectivity index (χ3v) is 4.29. The maximum atomic E-state index is 12.4. The quantitative estimate of drug-likeness (QED) is 0.736. The molecule has 0 aliphatic rings. The lowest BCUT2D eigenvalue weighted by atomic mass is 10.2. The molecule has 0 saturated heterocycles. The zero-order valence-corrected chi connectivity index (χ0v) is 15.6. The van der Waals surface area contributed by atoms with Crippen molar-refractivity contribution in [2.45, 2.75) is 46.7 Å². The minimum atomic E-state index is -0.0580. The van der Waals surface area contributed by atoms with Crippen molar-refractivity contribution in [3.8, 4) is 11.6 Å². The first-order valence-electron chi connectivity index (χ1n) is 8.77. The van der Waals surface area contributed by atoms with Crippen molar-refractivity contribution in [3.63, 3.8) is 0 Å². The molecule has 1 aromatic carbocycles. The lowest BCUT2D eigenvalue weighted by Crippen LogP contribution is -2.27. The molecule has 0 saturated carbocycles. The summed E-state index contributed by atoms with van der Waals surface area (Å²) in [6.07, 6.45) is 0. The number of nitrogens with one attached hydrogen (secondary N) is 1. The first-order chi connectivity index (χ1) is 12.5. The second-order valence-corrected chi connectivity index (χ2v) is 6.78. The van der Waals surface area contributed by atoms with Crippen molar-refractivity contribution >= 4 is 5.91 Å². The van der Waals surface area contributed by atoms with Gasteiger partial charge >= 0.3 is 0 Å². The average Bonchev–Trinajstić information content (AvgIpc) is 3.19. The van der Waals surface area contributed by atoms with Gasteiger partial charge in [-0.2, -0.15) is 4.98 Å². The highest BCUT2D eigenvalue weighted by molar-refractivity contribution is 5.77. The number of aryl methyl sites for hydroxylation is 2. The summed E-state index contributed by atoms with van der Waals surface area (Å²) in [7, 11) is 0. The lowest BCUT2D eigenvalue weighted by Gasteiger charge is -2.11. The molecular weight excluding hydrogens is 328 g/mol. The van der Waals surface area contributed by atoms with E-state index in [1.165, 1.54) is 0 Å². The van der Waals surface area contributed by atoms with Crippen LogP contribution in [-0.2, 0) is 17.9 Å². The van der Waals surface area contributed by atoms with Crippen LogP contribution in [0.25, 0.3) is 11.6 Å². The van der Waals surface area contributed by atoms with Crippen LogP contribution >= 0.6 is 0 Å². The molecule has 1 N–H and O–H groups in total. The Morgan fingerprint density at radius 3 is 2.62 bits per heavy atom. The summed E-state index contributed by atoms with van der Waals surface area (Å²) in [6.45, 7) is 8.71. The van der Waals surface area contributed by atoms with Gasteiger partial charge in [-0.05, 0) is 31.0 Å². The summed E-state index contributed by atoms with van der Waals surface area (Å²) in [6, 6.07) is 11.9. The van der Waals surface area contributed by atoms with E-state index in [1.54, 1.807) is 0 Å². The smallest absolute Gasteiger partial charge is 0.274 e. The van der Waals surface area contributed by atoms with Crippen molar-refractivity contribution in [3.05, 3.63) is 59.0 Å². The molecule has 2 heterocycles. The van der Waals surface area contributed by atoms with E-state index in [0.717, 1.165) is 22.5 Å². The number of rotatable bonds is 6. The molecule has 0 bridgehead atoms. The highest BCUT2D eigenvalue weighted by atomic mass is 16.5. The van der Waals surface area contributed by atoms with Crippen molar-refractivity contribution in [1.29, 1.82) is 0 Å². The van der Waals surface area contributed by atoms with E-state index in [4.69, 9.17) is 4.52 Å². The number of carbonyl (C=O) groups is 1. The van der Waals surface area contributed by atoms with Gasteiger partial charge in [0.2, 0.25) is 5.91 Å². The second kappa shape index (κ2) is 7.56. The predicted octanol–water partition coefficient (Wildman–Crippen LogP) is 3.59. The fraction of sp³-hybridized carbons (Fsp3) is 0.350. The third kappa shape index (κ3) is 3.85. The van der Waals surface area contributed by atoms with Crippen LogP contribution in [0.1, 0.15) is 42.4 Å². The molecule has 1 amide bonds. The Bertz CT molecular complexity index is 894. The molecule has 0 atom stereocenters. The monoisotopic (exact) mass is 352 g/mol. The molecular formula is C20H24N4O2. The van der Waals surface area contributed by atoms with E-state index in [1.807, 2.05) is 68.7 Å². The molecule has 3 aromatic rings. The van der Waals surface area contributed by atoms with Gasteiger partial charge in [0.15, 0.2) is 5.82 Å². The summed E-state index contributed by atoms with van der Waals surface area (Å²) >= 11 is 0. The molecule has 0 aliphatic carbocycles. The number of hydrogen-bond acceptors (Lipinski definition) is 4. The largest absolute Gasteiger partial charge is 0.350 e. The lowest BCUT2D eigenvalue weighted by molar-refractivity contribution is -0.121. The van der Waals surface area contributed by atoms with Crippen LogP contribution in [0.5, 0.6) is 0 Å². The van der Waals surface area contributed by atoms with Crippen LogP contribution in [-0.4, -0.2) is 20.6 Å². The second-order valence-electron chi connectivity index (χ2n) is 6.78. The van der Waals surface area contributed by atoms with Crippen molar-refractivity contribution in [2.24, 2.45) is 0 Å². The number of benzene rings is 1. The number of carbonyl (C=O) groups excluding carboxylic acids is 1. The third-order valence-electron chi connectivity index (χ3n) is 4.29.